The van der Waals surface area contributed by atoms with E-state index in [0.717, 1.165) is 9.35 Å². The quantitative estimate of drug-likeness (QED) is 0.789. The molecule has 0 radical (unpaired) electrons. The van der Waals surface area contributed by atoms with Crippen LogP contribution in [0.1, 0.15) is 35.2 Å². The van der Waals surface area contributed by atoms with E-state index >= 15 is 0 Å². The van der Waals surface area contributed by atoms with Crippen molar-refractivity contribution in [3.05, 3.63) is 20.3 Å². The van der Waals surface area contributed by atoms with E-state index in [-0.39, 0.29) is 17.7 Å². The minimum absolute atomic E-state index is 0.119. The number of hydrogen-bond donors (Lipinski definition) is 1. The zero-order valence-corrected chi connectivity index (χ0v) is 12.3. The summed E-state index contributed by atoms with van der Waals surface area (Å²) in [6.45, 7) is 0.435. The normalized spacial score (nSPS) is 23.3. The maximum Gasteiger partial charge on any atom is 0.256 e. The van der Waals surface area contributed by atoms with Crippen LogP contribution in [0.3, 0.4) is 0 Å². The van der Waals surface area contributed by atoms with Crippen molar-refractivity contribution in [2.24, 2.45) is 0 Å². The summed E-state index contributed by atoms with van der Waals surface area (Å²) in [7, 11) is 0. The molecule has 1 atom stereocenters. The van der Waals surface area contributed by atoms with Gasteiger partial charge in [0.1, 0.15) is 6.04 Å². The summed E-state index contributed by atoms with van der Waals surface area (Å²) in [5.74, 6) is -0.734. The molecule has 3 rings (SSSR count). The molecule has 0 unspecified atom stereocenters. The summed E-state index contributed by atoms with van der Waals surface area (Å²) in [6, 6.07) is -0.539. The number of fused-ring (bicyclic) bond motifs is 1. The van der Waals surface area contributed by atoms with Crippen molar-refractivity contribution in [1.82, 2.24) is 10.2 Å². The number of thiophene rings is 1. The minimum atomic E-state index is -0.539. The van der Waals surface area contributed by atoms with Crippen LogP contribution in [0, 0.1) is 0 Å². The number of imide groups is 1. The molecule has 2 aliphatic heterocycles. The van der Waals surface area contributed by atoms with Crippen molar-refractivity contribution in [3.8, 4) is 0 Å². The standard InChI is InChI=1S/C12H11BrN2O3S/c13-10-6-4-15(12(18)7(6)5-19-10)8-2-1-3-9(16)14-11(8)17/h5,8H,1-4H2,(H,14,16,17)/t8-/m0/s1. The average molecular weight is 343 g/mol. The Labute approximate surface area is 122 Å². The number of amides is 3. The number of nitrogens with one attached hydrogen (secondary N) is 1. The van der Waals surface area contributed by atoms with Gasteiger partial charge in [-0.25, -0.2) is 0 Å². The van der Waals surface area contributed by atoms with Crippen LogP contribution in [0.2, 0.25) is 0 Å². The molecule has 1 aromatic heterocycles. The van der Waals surface area contributed by atoms with E-state index in [1.807, 2.05) is 5.38 Å². The lowest BCUT2D eigenvalue weighted by Gasteiger charge is -2.25. The van der Waals surface area contributed by atoms with E-state index in [1.54, 1.807) is 4.90 Å². The fraction of sp³-hybridized carbons (Fsp3) is 0.417. The van der Waals surface area contributed by atoms with Gasteiger partial charge in [-0.2, -0.15) is 0 Å². The van der Waals surface area contributed by atoms with Gasteiger partial charge in [-0.05, 0) is 28.8 Å². The molecule has 3 heterocycles. The molecule has 2 aliphatic rings. The highest BCUT2D eigenvalue weighted by Gasteiger charge is 2.39. The zero-order valence-electron chi connectivity index (χ0n) is 9.94. The summed E-state index contributed by atoms with van der Waals surface area (Å²) < 4.78 is 0.934. The Morgan fingerprint density at radius 2 is 2.16 bits per heavy atom. The summed E-state index contributed by atoms with van der Waals surface area (Å²) in [4.78, 5) is 37.2. The first-order chi connectivity index (χ1) is 9.08. The smallest absolute Gasteiger partial charge is 0.256 e. The van der Waals surface area contributed by atoms with Crippen molar-refractivity contribution < 1.29 is 14.4 Å². The van der Waals surface area contributed by atoms with Crippen LogP contribution < -0.4 is 5.32 Å². The number of hydrogen-bond acceptors (Lipinski definition) is 4. The van der Waals surface area contributed by atoms with E-state index in [9.17, 15) is 14.4 Å². The first kappa shape index (κ1) is 12.8. The van der Waals surface area contributed by atoms with Crippen LogP contribution in [-0.2, 0) is 16.1 Å². The van der Waals surface area contributed by atoms with Crippen LogP contribution in [0.5, 0.6) is 0 Å². The fourth-order valence-corrected chi connectivity index (χ4v) is 3.90. The van der Waals surface area contributed by atoms with Crippen molar-refractivity contribution in [2.45, 2.75) is 31.8 Å². The Hall–Kier alpha value is -1.21. The maximum atomic E-state index is 12.3. The number of carbonyl (C=O) groups excluding carboxylic acids is 3. The van der Waals surface area contributed by atoms with Crippen molar-refractivity contribution in [1.29, 1.82) is 0 Å². The molecular formula is C12H11BrN2O3S. The van der Waals surface area contributed by atoms with Crippen LogP contribution in [0.15, 0.2) is 9.17 Å². The van der Waals surface area contributed by atoms with E-state index < -0.39 is 6.04 Å². The van der Waals surface area contributed by atoms with Crippen molar-refractivity contribution in [3.63, 3.8) is 0 Å². The van der Waals surface area contributed by atoms with Gasteiger partial charge in [0, 0.05) is 23.9 Å². The number of halogens is 1. The number of rotatable bonds is 1. The Balaban J connectivity index is 1.86. The van der Waals surface area contributed by atoms with Gasteiger partial charge in [-0.1, -0.05) is 0 Å². The molecule has 1 N–H and O–H groups in total. The SMILES string of the molecule is O=C1CCC[C@H](N2Cc3c(csc3Br)C2=O)C(=O)N1. The highest BCUT2D eigenvalue weighted by molar-refractivity contribution is 9.11. The highest BCUT2D eigenvalue weighted by Crippen LogP contribution is 2.36. The Morgan fingerprint density at radius 1 is 1.37 bits per heavy atom. The predicted molar refractivity (Wildman–Crippen MR) is 72.7 cm³/mol. The lowest BCUT2D eigenvalue weighted by molar-refractivity contribution is -0.132. The lowest BCUT2D eigenvalue weighted by Crippen LogP contribution is -2.47. The summed E-state index contributed by atoms with van der Waals surface area (Å²) in [5, 5.41) is 4.15. The van der Waals surface area contributed by atoms with Gasteiger partial charge in [-0.15, -0.1) is 11.3 Å². The van der Waals surface area contributed by atoms with Gasteiger partial charge in [0.05, 0.1) is 9.35 Å². The van der Waals surface area contributed by atoms with Gasteiger partial charge in [-0.3, -0.25) is 19.7 Å². The second kappa shape index (κ2) is 4.72. The number of nitrogens with zero attached hydrogens (tertiary/aromatic N) is 1. The van der Waals surface area contributed by atoms with Gasteiger partial charge in [0.25, 0.3) is 5.91 Å². The third kappa shape index (κ3) is 2.10. The van der Waals surface area contributed by atoms with Gasteiger partial charge in [0.15, 0.2) is 0 Å². The van der Waals surface area contributed by atoms with E-state index in [0.29, 0.717) is 31.4 Å². The Kier molecular flexibility index (Phi) is 3.18. The molecule has 5 nitrogen and oxygen atoms in total. The molecule has 0 spiro atoms. The molecule has 100 valence electrons. The first-order valence-electron chi connectivity index (χ1n) is 5.98. The third-order valence-corrected chi connectivity index (χ3v) is 5.33. The largest absolute Gasteiger partial charge is 0.322 e. The molecular weight excluding hydrogens is 332 g/mol. The predicted octanol–water partition coefficient (Wildman–Crippen LogP) is 1.66. The van der Waals surface area contributed by atoms with Crippen LogP contribution in [-0.4, -0.2) is 28.7 Å². The molecule has 3 amide bonds. The average Bonchev–Trinajstić information content (AvgIpc) is 2.81. The molecule has 0 aromatic carbocycles. The summed E-state index contributed by atoms with van der Waals surface area (Å²) in [6.07, 6.45) is 1.50. The van der Waals surface area contributed by atoms with Gasteiger partial charge in [0.2, 0.25) is 11.8 Å². The minimum Gasteiger partial charge on any atom is -0.322 e. The maximum absolute atomic E-state index is 12.3. The molecule has 0 aliphatic carbocycles. The molecule has 19 heavy (non-hydrogen) atoms. The molecule has 0 saturated carbocycles. The Bertz CT molecular complexity index is 584. The van der Waals surface area contributed by atoms with Gasteiger partial charge < -0.3 is 4.90 Å². The Morgan fingerprint density at radius 3 is 2.89 bits per heavy atom. The van der Waals surface area contributed by atoms with Crippen molar-refractivity contribution >= 4 is 45.0 Å². The second-order valence-electron chi connectivity index (χ2n) is 4.66. The molecule has 0 bridgehead atoms. The second-order valence-corrected chi connectivity index (χ2v) is 6.85. The highest BCUT2D eigenvalue weighted by atomic mass is 79.9. The molecule has 1 aromatic rings. The van der Waals surface area contributed by atoms with E-state index in [4.69, 9.17) is 0 Å². The van der Waals surface area contributed by atoms with Crippen LogP contribution in [0.25, 0.3) is 0 Å². The topological polar surface area (TPSA) is 66.5 Å². The molecule has 1 fully saturated rings. The summed E-state index contributed by atoms with van der Waals surface area (Å²) in [5.41, 5.74) is 1.61. The monoisotopic (exact) mass is 342 g/mol. The zero-order chi connectivity index (χ0) is 13.6. The molecule has 7 heteroatoms. The lowest BCUT2D eigenvalue weighted by atomic mass is 10.1. The first-order valence-corrected chi connectivity index (χ1v) is 7.65. The van der Waals surface area contributed by atoms with E-state index in [1.165, 1.54) is 11.3 Å². The fourth-order valence-electron chi connectivity index (χ4n) is 2.50. The third-order valence-electron chi connectivity index (χ3n) is 3.49. The molecule has 1 saturated heterocycles. The summed E-state index contributed by atoms with van der Waals surface area (Å²) >= 11 is 4.90. The number of carbonyl (C=O) groups is 3. The van der Waals surface area contributed by atoms with Crippen LogP contribution >= 0.6 is 27.3 Å². The van der Waals surface area contributed by atoms with Crippen LogP contribution in [0.4, 0.5) is 0 Å². The van der Waals surface area contributed by atoms with E-state index in [2.05, 4.69) is 21.2 Å². The van der Waals surface area contributed by atoms with Crippen molar-refractivity contribution in [2.75, 3.05) is 0 Å². The van der Waals surface area contributed by atoms with Gasteiger partial charge >= 0.3 is 0 Å².